The molecule has 0 amide bonds. The summed E-state index contributed by atoms with van der Waals surface area (Å²) in [7, 11) is 0. The normalized spacial score (nSPS) is 19.6. The fourth-order valence-electron chi connectivity index (χ4n) is 2.79. The van der Waals surface area contributed by atoms with E-state index in [0.717, 1.165) is 5.56 Å². The van der Waals surface area contributed by atoms with Crippen molar-refractivity contribution >= 4 is 35.5 Å². The summed E-state index contributed by atoms with van der Waals surface area (Å²) >= 11 is 12.1. The van der Waals surface area contributed by atoms with Crippen LogP contribution in [0, 0.1) is 5.82 Å². The highest BCUT2D eigenvalue weighted by molar-refractivity contribution is 6.35. The largest absolute Gasteiger partial charge is 0.371 e. The Morgan fingerprint density at radius 1 is 1.27 bits per heavy atom. The molecule has 8 heteroatoms. The van der Waals surface area contributed by atoms with Crippen LogP contribution < -0.4 is 5.48 Å². The molecule has 1 aliphatic heterocycles. The molecule has 1 unspecified atom stereocenters. The minimum atomic E-state index is -0.780. The van der Waals surface area contributed by atoms with E-state index in [9.17, 15) is 9.18 Å². The van der Waals surface area contributed by atoms with Gasteiger partial charge in [0.25, 0.3) is 0 Å². The summed E-state index contributed by atoms with van der Waals surface area (Å²) in [4.78, 5) is 19.4. The van der Waals surface area contributed by atoms with Gasteiger partial charge in [-0.1, -0.05) is 29.3 Å². The molecule has 5 nitrogen and oxygen atoms in total. The molecule has 136 valence electrons. The molecule has 1 heterocycles. The van der Waals surface area contributed by atoms with Gasteiger partial charge in [-0.3, -0.25) is 9.79 Å². The van der Waals surface area contributed by atoms with Gasteiger partial charge in [0.15, 0.2) is 5.84 Å². The molecule has 0 aromatic heterocycles. The number of hydrogen-bond donors (Lipinski definition) is 1. The van der Waals surface area contributed by atoms with Gasteiger partial charge in [0.1, 0.15) is 18.0 Å². The van der Waals surface area contributed by atoms with Gasteiger partial charge in [0, 0.05) is 15.6 Å². The Bertz CT molecular complexity index is 855. The van der Waals surface area contributed by atoms with E-state index >= 15 is 0 Å². The highest BCUT2D eigenvalue weighted by atomic mass is 35.5. The van der Waals surface area contributed by atoms with Crippen LogP contribution in [0.4, 0.5) is 4.39 Å². The van der Waals surface area contributed by atoms with Crippen LogP contribution in [0.5, 0.6) is 0 Å². The van der Waals surface area contributed by atoms with Crippen LogP contribution in [0.25, 0.3) is 11.1 Å². The van der Waals surface area contributed by atoms with Gasteiger partial charge in [-0.25, -0.2) is 9.87 Å². The SMILES string of the molecule is CC1(c2ccc(F)c(-c3cc(Cl)cc(Cl)c3)c2)COCC(NOC=O)=N1. The highest BCUT2D eigenvalue weighted by Gasteiger charge is 2.31. The van der Waals surface area contributed by atoms with Crippen LogP contribution in [0.3, 0.4) is 0 Å². The molecule has 1 atom stereocenters. The third-order valence-corrected chi connectivity index (χ3v) is 4.43. The first-order valence-corrected chi connectivity index (χ1v) is 8.45. The van der Waals surface area contributed by atoms with Gasteiger partial charge in [0.2, 0.25) is 0 Å². The summed E-state index contributed by atoms with van der Waals surface area (Å²) in [5, 5.41) is 0.833. The Labute approximate surface area is 159 Å². The first-order chi connectivity index (χ1) is 12.4. The third kappa shape index (κ3) is 3.98. The molecule has 26 heavy (non-hydrogen) atoms. The maximum Gasteiger partial charge on any atom is 0.320 e. The van der Waals surface area contributed by atoms with Crippen LogP contribution in [0.15, 0.2) is 41.4 Å². The quantitative estimate of drug-likeness (QED) is 0.623. The number of hydroxylamine groups is 1. The molecular weight excluding hydrogens is 382 g/mol. The first kappa shape index (κ1) is 18.6. The van der Waals surface area contributed by atoms with E-state index in [4.69, 9.17) is 27.9 Å². The molecule has 1 N–H and O–H groups in total. The van der Waals surface area contributed by atoms with Gasteiger partial charge < -0.3 is 9.57 Å². The van der Waals surface area contributed by atoms with Crippen LogP contribution in [0.2, 0.25) is 10.0 Å². The molecule has 0 bridgehead atoms. The molecule has 1 aliphatic rings. The van der Waals surface area contributed by atoms with Gasteiger partial charge in [-0.05, 0) is 48.4 Å². The predicted octanol–water partition coefficient (Wildman–Crippen LogP) is 4.12. The van der Waals surface area contributed by atoms with Crippen molar-refractivity contribution in [2.75, 3.05) is 13.2 Å². The lowest BCUT2D eigenvalue weighted by Crippen LogP contribution is -2.40. The number of hydrogen-bond acceptors (Lipinski definition) is 5. The zero-order valence-electron chi connectivity index (χ0n) is 13.8. The maximum atomic E-state index is 14.4. The number of nitrogens with zero attached hydrogens (tertiary/aromatic N) is 1. The molecule has 0 saturated heterocycles. The fourth-order valence-corrected chi connectivity index (χ4v) is 3.32. The zero-order chi connectivity index (χ0) is 18.7. The second-order valence-corrected chi connectivity index (χ2v) is 6.87. The molecule has 0 fully saturated rings. The molecule has 0 spiro atoms. The van der Waals surface area contributed by atoms with Crippen molar-refractivity contribution in [1.29, 1.82) is 0 Å². The van der Waals surface area contributed by atoms with E-state index in [-0.39, 0.29) is 13.1 Å². The van der Waals surface area contributed by atoms with Gasteiger partial charge in [-0.2, -0.15) is 0 Å². The number of carbonyl (C=O) groups is 1. The predicted molar refractivity (Wildman–Crippen MR) is 97.7 cm³/mol. The van der Waals surface area contributed by atoms with E-state index in [1.165, 1.54) is 6.07 Å². The Kier molecular flexibility index (Phi) is 5.46. The summed E-state index contributed by atoms with van der Waals surface area (Å²) < 4.78 is 20.0. The summed E-state index contributed by atoms with van der Waals surface area (Å²) in [6.07, 6.45) is 0. The molecule has 2 aromatic rings. The Morgan fingerprint density at radius 3 is 2.69 bits per heavy atom. The number of halogens is 3. The highest BCUT2D eigenvalue weighted by Crippen LogP contribution is 2.34. The topological polar surface area (TPSA) is 59.9 Å². The van der Waals surface area contributed by atoms with Crippen LogP contribution in [-0.4, -0.2) is 25.5 Å². The second kappa shape index (κ2) is 7.61. The number of carbonyl (C=O) groups excluding carboxylic acids is 1. The molecule has 3 rings (SSSR count). The van der Waals surface area contributed by atoms with E-state index in [1.54, 1.807) is 30.3 Å². The summed E-state index contributed by atoms with van der Waals surface area (Å²) in [6.45, 7) is 2.58. The third-order valence-electron chi connectivity index (χ3n) is 3.99. The van der Waals surface area contributed by atoms with Crippen molar-refractivity contribution in [3.63, 3.8) is 0 Å². The first-order valence-electron chi connectivity index (χ1n) is 7.69. The van der Waals surface area contributed by atoms with E-state index in [1.807, 2.05) is 6.92 Å². The number of nitrogens with one attached hydrogen (secondary N) is 1. The van der Waals surface area contributed by atoms with Gasteiger partial charge in [0.05, 0.1) is 6.61 Å². The average Bonchev–Trinajstić information content (AvgIpc) is 2.59. The lowest BCUT2D eigenvalue weighted by Gasteiger charge is -2.31. The van der Waals surface area contributed by atoms with Crippen molar-refractivity contribution in [3.05, 3.63) is 57.8 Å². The Morgan fingerprint density at radius 2 is 2.00 bits per heavy atom. The standard InChI is InChI=1S/C18H15Cl2FN2O3/c1-18(9-25-8-17(22-18)23-26-10-24)12-2-3-16(21)15(6-12)11-4-13(19)7-14(20)5-11/h2-7,10H,8-9H2,1H3,(H,22,23). The van der Waals surface area contributed by atoms with Crippen molar-refractivity contribution in [2.45, 2.75) is 12.5 Å². The summed E-state index contributed by atoms with van der Waals surface area (Å²) in [5.74, 6) is -0.0402. The monoisotopic (exact) mass is 396 g/mol. The van der Waals surface area contributed by atoms with Crippen molar-refractivity contribution in [3.8, 4) is 11.1 Å². The van der Waals surface area contributed by atoms with Gasteiger partial charge in [-0.15, -0.1) is 0 Å². The Balaban J connectivity index is 2.02. The number of amidine groups is 1. The maximum absolute atomic E-state index is 14.4. The minimum Gasteiger partial charge on any atom is -0.371 e. The molecule has 0 aliphatic carbocycles. The minimum absolute atomic E-state index is 0.182. The fraction of sp³-hybridized carbons (Fsp3) is 0.222. The van der Waals surface area contributed by atoms with Crippen LogP contribution in [-0.2, 0) is 19.9 Å². The van der Waals surface area contributed by atoms with Crippen molar-refractivity contribution < 1.29 is 18.8 Å². The second-order valence-electron chi connectivity index (χ2n) is 5.99. The van der Waals surface area contributed by atoms with Crippen LogP contribution in [0.1, 0.15) is 12.5 Å². The lowest BCUT2D eigenvalue weighted by atomic mass is 9.90. The van der Waals surface area contributed by atoms with Crippen LogP contribution >= 0.6 is 23.2 Å². The smallest absolute Gasteiger partial charge is 0.320 e. The van der Waals surface area contributed by atoms with E-state index < -0.39 is 11.4 Å². The summed E-state index contributed by atoms with van der Waals surface area (Å²) in [6, 6.07) is 9.56. The van der Waals surface area contributed by atoms with Crippen molar-refractivity contribution in [1.82, 2.24) is 5.48 Å². The number of rotatable bonds is 4. The summed E-state index contributed by atoms with van der Waals surface area (Å²) in [5.41, 5.74) is 3.29. The van der Waals surface area contributed by atoms with E-state index in [2.05, 4.69) is 15.3 Å². The average molecular weight is 397 g/mol. The van der Waals surface area contributed by atoms with E-state index in [0.29, 0.717) is 33.6 Å². The molecule has 0 radical (unpaired) electrons. The van der Waals surface area contributed by atoms with Crippen molar-refractivity contribution in [2.24, 2.45) is 4.99 Å². The molecule has 2 aromatic carbocycles. The zero-order valence-corrected chi connectivity index (χ0v) is 15.3. The number of ether oxygens (including phenoxy) is 1. The molecule has 0 saturated carbocycles. The number of aliphatic imine (C=N–C) groups is 1. The molecular formula is C18H15Cl2FN2O3. The number of benzene rings is 2. The lowest BCUT2D eigenvalue weighted by molar-refractivity contribution is -0.132. The van der Waals surface area contributed by atoms with Gasteiger partial charge >= 0.3 is 6.47 Å². The Hall–Kier alpha value is -2.15.